The van der Waals surface area contributed by atoms with Gasteiger partial charge in [0.2, 0.25) is 10.0 Å². The molecule has 0 aliphatic carbocycles. The zero-order valence-electron chi connectivity index (χ0n) is 12.4. The molecular formula is C17H17NO3S. The molecule has 1 aromatic heterocycles. The van der Waals surface area contributed by atoms with Gasteiger partial charge in [0.25, 0.3) is 0 Å². The molecule has 1 atom stereocenters. The Morgan fingerprint density at radius 1 is 1.05 bits per heavy atom. The van der Waals surface area contributed by atoms with Gasteiger partial charge in [-0.1, -0.05) is 48.0 Å². The van der Waals surface area contributed by atoms with E-state index in [1.807, 2.05) is 37.3 Å². The van der Waals surface area contributed by atoms with Gasteiger partial charge >= 0.3 is 0 Å². The van der Waals surface area contributed by atoms with E-state index in [1.165, 1.54) is 3.97 Å². The first-order valence-corrected chi connectivity index (χ1v) is 8.78. The molecule has 0 saturated heterocycles. The number of rotatable bonds is 3. The van der Waals surface area contributed by atoms with Crippen LogP contribution in [0.4, 0.5) is 0 Å². The number of aliphatic hydroxyl groups excluding tert-OH is 1. The summed E-state index contributed by atoms with van der Waals surface area (Å²) in [6, 6.07) is 16.4. The van der Waals surface area contributed by atoms with Crippen LogP contribution in [0.3, 0.4) is 0 Å². The van der Waals surface area contributed by atoms with Gasteiger partial charge in [-0.05, 0) is 24.6 Å². The molecule has 0 aliphatic rings. The molecule has 3 rings (SSSR count). The van der Waals surface area contributed by atoms with Crippen molar-refractivity contribution in [3.8, 4) is 0 Å². The lowest BCUT2D eigenvalue weighted by molar-refractivity contribution is 0.214. The van der Waals surface area contributed by atoms with E-state index in [4.69, 9.17) is 0 Å². The highest BCUT2D eigenvalue weighted by Crippen LogP contribution is 2.30. The standard InChI is InChI=1S/C17H17NO3S/c1-12-6-5-8-14(10-12)17(19)16-11-13-7-3-4-9-15(13)18(16)22(2,20)21/h3-11,17,19H,1-2H3. The van der Waals surface area contributed by atoms with E-state index in [-0.39, 0.29) is 0 Å². The Bertz CT molecular complexity index is 941. The van der Waals surface area contributed by atoms with Gasteiger partial charge in [0, 0.05) is 5.39 Å². The summed E-state index contributed by atoms with van der Waals surface area (Å²) in [6.07, 6.45) is 0.147. The molecule has 2 aromatic carbocycles. The van der Waals surface area contributed by atoms with Crippen molar-refractivity contribution in [2.45, 2.75) is 13.0 Å². The van der Waals surface area contributed by atoms with E-state index < -0.39 is 16.1 Å². The first-order chi connectivity index (χ1) is 10.4. The fourth-order valence-electron chi connectivity index (χ4n) is 2.72. The number of fused-ring (bicyclic) bond motifs is 1. The van der Waals surface area contributed by atoms with Crippen LogP contribution in [0.15, 0.2) is 54.6 Å². The molecule has 0 saturated carbocycles. The molecule has 22 heavy (non-hydrogen) atoms. The minimum absolute atomic E-state index is 0.356. The van der Waals surface area contributed by atoms with E-state index >= 15 is 0 Å². The second-order valence-corrected chi connectivity index (χ2v) is 7.30. The van der Waals surface area contributed by atoms with E-state index in [1.54, 1.807) is 24.3 Å². The van der Waals surface area contributed by atoms with Crippen LogP contribution in [0.25, 0.3) is 10.9 Å². The molecule has 0 aliphatic heterocycles. The fourth-order valence-corrected chi connectivity index (χ4v) is 3.78. The molecule has 0 bridgehead atoms. The van der Waals surface area contributed by atoms with Gasteiger partial charge < -0.3 is 5.11 Å². The lowest BCUT2D eigenvalue weighted by Gasteiger charge is -2.15. The largest absolute Gasteiger partial charge is 0.382 e. The number of aromatic nitrogens is 1. The van der Waals surface area contributed by atoms with Gasteiger partial charge in [0.1, 0.15) is 6.10 Å². The van der Waals surface area contributed by atoms with E-state index in [2.05, 4.69) is 0 Å². The van der Waals surface area contributed by atoms with Crippen molar-refractivity contribution in [3.05, 3.63) is 71.4 Å². The third kappa shape index (κ3) is 2.53. The number of hydrogen-bond donors (Lipinski definition) is 1. The van der Waals surface area contributed by atoms with Crippen molar-refractivity contribution in [3.63, 3.8) is 0 Å². The molecule has 0 radical (unpaired) electrons. The number of nitrogens with zero attached hydrogens (tertiary/aromatic N) is 1. The Labute approximate surface area is 129 Å². The van der Waals surface area contributed by atoms with Gasteiger partial charge in [-0.2, -0.15) is 0 Å². The van der Waals surface area contributed by atoms with Crippen LogP contribution in [0.5, 0.6) is 0 Å². The van der Waals surface area contributed by atoms with Crippen LogP contribution in [0.1, 0.15) is 22.9 Å². The SMILES string of the molecule is Cc1cccc(C(O)c2cc3ccccc3n2S(C)(=O)=O)c1. The van der Waals surface area contributed by atoms with Crippen molar-refractivity contribution < 1.29 is 13.5 Å². The highest BCUT2D eigenvalue weighted by atomic mass is 32.2. The van der Waals surface area contributed by atoms with Gasteiger partial charge in [-0.25, -0.2) is 12.4 Å². The topological polar surface area (TPSA) is 59.3 Å². The fraction of sp³-hybridized carbons (Fsp3) is 0.176. The molecule has 3 aromatic rings. The second kappa shape index (κ2) is 5.26. The molecule has 0 amide bonds. The third-order valence-electron chi connectivity index (χ3n) is 3.66. The van der Waals surface area contributed by atoms with Crippen molar-refractivity contribution >= 4 is 20.9 Å². The predicted molar refractivity (Wildman–Crippen MR) is 87.4 cm³/mol. The van der Waals surface area contributed by atoms with E-state index in [0.29, 0.717) is 16.8 Å². The molecule has 1 N–H and O–H groups in total. The van der Waals surface area contributed by atoms with Crippen LogP contribution >= 0.6 is 0 Å². The molecule has 1 unspecified atom stereocenters. The lowest BCUT2D eigenvalue weighted by Crippen LogP contribution is -2.16. The van der Waals surface area contributed by atoms with Crippen LogP contribution in [0, 0.1) is 6.92 Å². The molecular weight excluding hydrogens is 298 g/mol. The zero-order chi connectivity index (χ0) is 15.9. The van der Waals surface area contributed by atoms with Crippen LogP contribution in [-0.4, -0.2) is 23.8 Å². The second-order valence-electron chi connectivity index (χ2n) is 5.47. The number of para-hydroxylation sites is 1. The van der Waals surface area contributed by atoms with Crippen molar-refractivity contribution in [1.29, 1.82) is 0 Å². The maximum absolute atomic E-state index is 12.2. The zero-order valence-corrected chi connectivity index (χ0v) is 13.2. The van der Waals surface area contributed by atoms with E-state index in [0.717, 1.165) is 17.2 Å². The summed E-state index contributed by atoms with van der Waals surface area (Å²) in [5.41, 5.74) is 2.62. The number of aliphatic hydroxyl groups is 1. The Kier molecular flexibility index (Phi) is 3.54. The van der Waals surface area contributed by atoms with Crippen molar-refractivity contribution in [1.82, 2.24) is 3.97 Å². The summed E-state index contributed by atoms with van der Waals surface area (Å²) in [5.74, 6) is 0. The Balaban J connectivity index is 2.26. The molecule has 1 heterocycles. The Hall–Kier alpha value is -2.11. The normalized spacial score (nSPS) is 13.4. The summed E-state index contributed by atoms with van der Waals surface area (Å²) in [7, 11) is -3.52. The summed E-state index contributed by atoms with van der Waals surface area (Å²) >= 11 is 0. The minimum atomic E-state index is -3.52. The first-order valence-electron chi connectivity index (χ1n) is 6.93. The first kappa shape index (κ1) is 14.8. The maximum Gasteiger partial charge on any atom is 0.236 e. The van der Waals surface area contributed by atoms with Crippen LogP contribution < -0.4 is 0 Å². The summed E-state index contributed by atoms with van der Waals surface area (Å²) < 4.78 is 25.6. The van der Waals surface area contributed by atoms with Gasteiger partial charge in [0.15, 0.2) is 0 Å². The van der Waals surface area contributed by atoms with E-state index in [9.17, 15) is 13.5 Å². The number of benzene rings is 2. The minimum Gasteiger partial charge on any atom is -0.382 e. The molecule has 114 valence electrons. The Morgan fingerprint density at radius 2 is 1.77 bits per heavy atom. The average Bonchev–Trinajstić information content (AvgIpc) is 2.85. The summed E-state index contributed by atoms with van der Waals surface area (Å²) in [4.78, 5) is 0. The van der Waals surface area contributed by atoms with Gasteiger partial charge in [-0.3, -0.25) is 0 Å². The maximum atomic E-state index is 12.2. The number of aryl methyl sites for hydroxylation is 1. The smallest absolute Gasteiger partial charge is 0.236 e. The van der Waals surface area contributed by atoms with Crippen molar-refractivity contribution in [2.24, 2.45) is 0 Å². The molecule has 0 fully saturated rings. The highest BCUT2D eigenvalue weighted by Gasteiger charge is 2.22. The molecule has 4 nitrogen and oxygen atoms in total. The molecule has 5 heteroatoms. The van der Waals surface area contributed by atoms with Crippen LogP contribution in [-0.2, 0) is 10.0 Å². The average molecular weight is 315 g/mol. The number of hydrogen-bond acceptors (Lipinski definition) is 3. The predicted octanol–water partition coefficient (Wildman–Crippen LogP) is 2.84. The van der Waals surface area contributed by atoms with Crippen LogP contribution in [0.2, 0.25) is 0 Å². The highest BCUT2D eigenvalue weighted by molar-refractivity contribution is 7.89. The quantitative estimate of drug-likeness (QED) is 0.808. The summed E-state index contributed by atoms with van der Waals surface area (Å²) in [6.45, 7) is 1.93. The lowest BCUT2D eigenvalue weighted by atomic mass is 10.0. The molecule has 0 spiro atoms. The van der Waals surface area contributed by atoms with Gasteiger partial charge in [-0.15, -0.1) is 0 Å². The van der Waals surface area contributed by atoms with Crippen molar-refractivity contribution in [2.75, 3.05) is 6.26 Å². The Morgan fingerprint density at radius 3 is 2.45 bits per heavy atom. The van der Waals surface area contributed by atoms with Gasteiger partial charge in [0.05, 0.1) is 17.5 Å². The third-order valence-corrected chi connectivity index (χ3v) is 4.73. The summed E-state index contributed by atoms with van der Waals surface area (Å²) in [5, 5.41) is 11.5. The monoisotopic (exact) mass is 315 g/mol.